The van der Waals surface area contributed by atoms with Crippen LogP contribution in [0, 0.1) is 5.92 Å². The van der Waals surface area contributed by atoms with Crippen molar-refractivity contribution >= 4 is 5.97 Å². The molecule has 1 fully saturated rings. The number of ether oxygens (including phenoxy) is 2. The molecule has 1 aromatic heterocycles. The molecule has 1 aliphatic rings. The molecule has 0 radical (unpaired) electrons. The molecule has 0 amide bonds. The second-order valence-electron chi connectivity index (χ2n) is 10.8. The number of halogens is 1. The molecule has 1 saturated carbocycles. The first-order valence-corrected chi connectivity index (χ1v) is 15.0. The molecule has 1 heterocycles. The SMILES string of the molecule is CCCCCCCCCc1cnc(-c2ccc(OC[C@H]3CC[C@H](OC(=O)[C@@H](F)CCCC)CC3)cc2)nc1. The maximum absolute atomic E-state index is 13.9. The molecule has 0 saturated heterocycles. The van der Waals surface area contributed by atoms with Crippen LogP contribution in [0.2, 0.25) is 0 Å². The minimum absolute atomic E-state index is 0.167. The fraction of sp³-hybridized carbons (Fsp3) is 0.656. The van der Waals surface area contributed by atoms with Crippen LogP contribution in [-0.2, 0) is 16.0 Å². The Morgan fingerprint density at radius 2 is 1.53 bits per heavy atom. The second kappa shape index (κ2) is 17.2. The number of carbonyl (C=O) groups excluding carboxylic acids is 1. The number of alkyl halides is 1. The van der Waals surface area contributed by atoms with E-state index in [-0.39, 0.29) is 12.5 Å². The molecule has 0 N–H and O–H groups in total. The predicted octanol–water partition coefficient (Wildman–Crippen LogP) is 8.45. The molecule has 0 unspecified atom stereocenters. The van der Waals surface area contributed by atoms with Gasteiger partial charge >= 0.3 is 5.97 Å². The van der Waals surface area contributed by atoms with Crippen LogP contribution in [0.4, 0.5) is 4.39 Å². The second-order valence-corrected chi connectivity index (χ2v) is 10.8. The van der Waals surface area contributed by atoms with Crippen molar-refractivity contribution in [2.75, 3.05) is 6.61 Å². The molecule has 210 valence electrons. The van der Waals surface area contributed by atoms with Gasteiger partial charge in [-0.3, -0.25) is 0 Å². The smallest absolute Gasteiger partial charge is 0.340 e. The number of hydrogen-bond donors (Lipinski definition) is 0. The highest BCUT2D eigenvalue weighted by Crippen LogP contribution is 2.28. The normalized spacial score (nSPS) is 18.2. The third-order valence-corrected chi connectivity index (χ3v) is 7.52. The zero-order valence-corrected chi connectivity index (χ0v) is 23.5. The number of aromatic nitrogens is 2. The first kappa shape index (κ1) is 30.0. The van der Waals surface area contributed by atoms with Gasteiger partial charge in [-0.05, 0) is 80.7 Å². The van der Waals surface area contributed by atoms with Crippen molar-refractivity contribution < 1.29 is 18.7 Å². The maximum atomic E-state index is 13.9. The average molecular weight is 527 g/mol. The van der Waals surface area contributed by atoms with E-state index in [4.69, 9.17) is 9.47 Å². The Hall–Kier alpha value is -2.50. The monoisotopic (exact) mass is 526 g/mol. The Kier molecular flexibility index (Phi) is 13.6. The number of esters is 1. The summed E-state index contributed by atoms with van der Waals surface area (Å²) >= 11 is 0. The summed E-state index contributed by atoms with van der Waals surface area (Å²) in [4.78, 5) is 21.1. The van der Waals surface area contributed by atoms with E-state index in [0.29, 0.717) is 18.9 Å². The molecule has 6 heteroatoms. The van der Waals surface area contributed by atoms with Crippen LogP contribution in [-0.4, -0.2) is 34.8 Å². The van der Waals surface area contributed by atoms with Gasteiger partial charge in [-0.2, -0.15) is 0 Å². The van der Waals surface area contributed by atoms with Gasteiger partial charge in [0.2, 0.25) is 0 Å². The molecular formula is C32H47FN2O3. The third kappa shape index (κ3) is 10.7. The van der Waals surface area contributed by atoms with E-state index in [1.165, 1.54) is 50.5 Å². The summed E-state index contributed by atoms with van der Waals surface area (Å²) in [5, 5.41) is 0. The lowest BCUT2D eigenvalue weighted by Gasteiger charge is -2.28. The highest BCUT2D eigenvalue weighted by molar-refractivity contribution is 5.74. The van der Waals surface area contributed by atoms with Crippen LogP contribution in [0.25, 0.3) is 11.4 Å². The van der Waals surface area contributed by atoms with E-state index in [2.05, 4.69) is 16.9 Å². The van der Waals surface area contributed by atoms with E-state index >= 15 is 0 Å². The van der Waals surface area contributed by atoms with Gasteiger partial charge in [-0.1, -0.05) is 65.2 Å². The van der Waals surface area contributed by atoms with Gasteiger partial charge in [0.05, 0.1) is 6.61 Å². The fourth-order valence-corrected chi connectivity index (χ4v) is 4.99. The zero-order valence-electron chi connectivity index (χ0n) is 23.5. The lowest BCUT2D eigenvalue weighted by Crippen LogP contribution is -2.30. The van der Waals surface area contributed by atoms with Gasteiger partial charge in [0.1, 0.15) is 11.9 Å². The molecule has 2 aromatic rings. The lowest BCUT2D eigenvalue weighted by atomic mass is 9.88. The van der Waals surface area contributed by atoms with E-state index in [1.54, 1.807) is 0 Å². The van der Waals surface area contributed by atoms with Crippen molar-refractivity contribution in [3.8, 4) is 17.1 Å². The maximum Gasteiger partial charge on any atom is 0.340 e. The van der Waals surface area contributed by atoms with E-state index in [0.717, 1.165) is 55.7 Å². The average Bonchev–Trinajstić information content (AvgIpc) is 2.95. The Bertz CT molecular complexity index is 911. The topological polar surface area (TPSA) is 61.3 Å². The summed E-state index contributed by atoms with van der Waals surface area (Å²) in [7, 11) is 0. The largest absolute Gasteiger partial charge is 0.493 e. The number of hydrogen-bond acceptors (Lipinski definition) is 5. The van der Waals surface area contributed by atoms with Crippen molar-refractivity contribution in [3.63, 3.8) is 0 Å². The zero-order chi connectivity index (χ0) is 27.0. The van der Waals surface area contributed by atoms with E-state index in [9.17, 15) is 9.18 Å². The summed E-state index contributed by atoms with van der Waals surface area (Å²) in [6.07, 6.45) is 17.7. The quantitative estimate of drug-likeness (QED) is 0.153. The van der Waals surface area contributed by atoms with Crippen LogP contribution in [0.5, 0.6) is 5.75 Å². The first-order valence-electron chi connectivity index (χ1n) is 15.0. The lowest BCUT2D eigenvalue weighted by molar-refractivity contribution is -0.157. The molecule has 0 aliphatic heterocycles. The van der Waals surface area contributed by atoms with Crippen LogP contribution in [0.3, 0.4) is 0 Å². The minimum Gasteiger partial charge on any atom is -0.493 e. The number of rotatable bonds is 17. The summed E-state index contributed by atoms with van der Waals surface area (Å²) in [6.45, 7) is 4.87. The van der Waals surface area contributed by atoms with Crippen LogP contribution < -0.4 is 4.74 Å². The third-order valence-electron chi connectivity index (χ3n) is 7.52. The van der Waals surface area contributed by atoms with Crippen molar-refractivity contribution in [2.45, 2.75) is 122 Å². The Labute approximate surface area is 229 Å². The van der Waals surface area contributed by atoms with Gasteiger partial charge in [-0.25, -0.2) is 19.2 Å². The number of aryl methyl sites for hydroxylation is 1. The highest BCUT2D eigenvalue weighted by Gasteiger charge is 2.27. The molecule has 38 heavy (non-hydrogen) atoms. The number of unbranched alkanes of at least 4 members (excludes halogenated alkanes) is 7. The standard InChI is InChI=1S/C32H47FN2O3/c1-3-5-7-8-9-10-11-12-26-22-34-31(35-23-26)27-16-20-28(21-17-27)37-24-25-14-18-29(19-15-25)38-32(36)30(33)13-6-4-2/h16-17,20-23,25,29-30H,3-15,18-19,24H2,1-2H3/t25-,29-,30-/m0/s1. The van der Waals surface area contributed by atoms with Crippen LogP contribution in [0.1, 0.15) is 109 Å². The van der Waals surface area contributed by atoms with E-state index in [1.807, 2.05) is 43.6 Å². The molecule has 0 spiro atoms. The van der Waals surface area contributed by atoms with Gasteiger partial charge in [0.15, 0.2) is 12.0 Å². The van der Waals surface area contributed by atoms with Crippen molar-refractivity contribution in [2.24, 2.45) is 5.92 Å². The molecule has 0 bridgehead atoms. The van der Waals surface area contributed by atoms with Crippen molar-refractivity contribution in [1.29, 1.82) is 0 Å². The fourth-order valence-electron chi connectivity index (χ4n) is 4.99. The number of benzene rings is 1. The van der Waals surface area contributed by atoms with E-state index < -0.39 is 12.1 Å². The molecule has 1 aliphatic carbocycles. The Morgan fingerprint density at radius 3 is 2.18 bits per heavy atom. The molecule has 5 nitrogen and oxygen atoms in total. The Morgan fingerprint density at radius 1 is 0.895 bits per heavy atom. The van der Waals surface area contributed by atoms with Crippen LogP contribution in [0.15, 0.2) is 36.7 Å². The number of carbonyl (C=O) groups is 1. The predicted molar refractivity (Wildman–Crippen MR) is 151 cm³/mol. The number of nitrogens with zero attached hydrogens (tertiary/aromatic N) is 2. The van der Waals surface area contributed by atoms with Gasteiger partial charge < -0.3 is 9.47 Å². The minimum atomic E-state index is -1.49. The summed E-state index contributed by atoms with van der Waals surface area (Å²) in [5.41, 5.74) is 2.18. The van der Waals surface area contributed by atoms with Gasteiger partial charge in [0, 0.05) is 18.0 Å². The van der Waals surface area contributed by atoms with Crippen LogP contribution >= 0.6 is 0 Å². The summed E-state index contributed by atoms with van der Waals surface area (Å²) in [5.74, 6) is 1.29. The summed E-state index contributed by atoms with van der Waals surface area (Å²) < 4.78 is 25.3. The van der Waals surface area contributed by atoms with Gasteiger partial charge in [0.25, 0.3) is 0 Å². The summed E-state index contributed by atoms with van der Waals surface area (Å²) in [6, 6.07) is 7.94. The van der Waals surface area contributed by atoms with Gasteiger partial charge in [-0.15, -0.1) is 0 Å². The molecule has 3 rings (SSSR count). The Balaban J connectivity index is 1.33. The first-order chi connectivity index (χ1) is 18.6. The van der Waals surface area contributed by atoms with Crippen molar-refractivity contribution in [3.05, 3.63) is 42.2 Å². The molecule has 1 aromatic carbocycles. The molecule has 1 atom stereocenters. The van der Waals surface area contributed by atoms with Crippen molar-refractivity contribution in [1.82, 2.24) is 9.97 Å². The molecular weight excluding hydrogens is 479 g/mol. The highest BCUT2D eigenvalue weighted by atomic mass is 19.1.